The van der Waals surface area contributed by atoms with Crippen molar-refractivity contribution in [2.45, 2.75) is 12.6 Å². The van der Waals surface area contributed by atoms with E-state index in [0.29, 0.717) is 28.9 Å². The first kappa shape index (κ1) is 18.7. The first-order valence-corrected chi connectivity index (χ1v) is 9.48. The number of carboxylic acids is 1. The molecule has 28 heavy (non-hydrogen) atoms. The number of hydrogen-bond donors (Lipinski definition) is 1. The average Bonchev–Trinajstić information content (AvgIpc) is 3.33. The summed E-state index contributed by atoms with van der Waals surface area (Å²) in [6.45, 7) is 1.02. The predicted molar refractivity (Wildman–Crippen MR) is 99.8 cm³/mol. The van der Waals surface area contributed by atoms with E-state index in [4.69, 9.17) is 20.9 Å². The Labute approximate surface area is 168 Å². The molecule has 1 aliphatic rings. The number of halogens is 1. The van der Waals surface area contributed by atoms with Gasteiger partial charge in [0, 0.05) is 32.5 Å². The van der Waals surface area contributed by atoms with Crippen LogP contribution in [0.3, 0.4) is 0 Å². The van der Waals surface area contributed by atoms with E-state index >= 15 is 0 Å². The number of carbonyl (C=O) groups is 2. The molecule has 9 nitrogen and oxygen atoms in total. The second-order valence-electron chi connectivity index (χ2n) is 6.24. The lowest BCUT2D eigenvalue weighted by atomic mass is 10.1. The number of amides is 1. The van der Waals surface area contributed by atoms with Crippen molar-refractivity contribution in [2.75, 3.05) is 20.2 Å². The molecule has 1 fully saturated rings. The minimum Gasteiger partial charge on any atom is -0.475 e. The number of rotatable bonds is 6. The van der Waals surface area contributed by atoms with E-state index in [1.165, 1.54) is 22.1 Å². The fourth-order valence-electron chi connectivity index (χ4n) is 2.85. The zero-order valence-corrected chi connectivity index (χ0v) is 16.2. The van der Waals surface area contributed by atoms with Crippen LogP contribution in [0.25, 0.3) is 10.6 Å². The second-order valence-corrected chi connectivity index (χ2v) is 7.95. The molecule has 0 aromatic carbocycles. The van der Waals surface area contributed by atoms with E-state index in [1.807, 2.05) is 6.07 Å². The van der Waals surface area contributed by atoms with Gasteiger partial charge in [0.05, 0.1) is 21.9 Å². The van der Waals surface area contributed by atoms with Gasteiger partial charge in [-0.25, -0.2) is 9.78 Å². The Hall–Kier alpha value is -2.69. The lowest BCUT2D eigenvalue weighted by Gasteiger charge is -2.37. The molecule has 3 aromatic heterocycles. The third-order valence-corrected chi connectivity index (χ3v) is 5.61. The van der Waals surface area contributed by atoms with Gasteiger partial charge in [-0.2, -0.15) is 0 Å². The summed E-state index contributed by atoms with van der Waals surface area (Å²) in [6.07, 6.45) is 1.42. The normalized spacial score (nSPS) is 14.3. The van der Waals surface area contributed by atoms with E-state index < -0.39 is 5.97 Å². The Balaban J connectivity index is 1.54. The summed E-state index contributed by atoms with van der Waals surface area (Å²) in [5.41, 5.74) is 0.572. The van der Waals surface area contributed by atoms with E-state index in [2.05, 4.69) is 10.1 Å². The van der Waals surface area contributed by atoms with Crippen molar-refractivity contribution in [1.29, 1.82) is 0 Å². The number of methoxy groups -OCH3 is 1. The molecule has 0 atom stereocenters. The Morgan fingerprint density at radius 1 is 1.43 bits per heavy atom. The Morgan fingerprint density at radius 3 is 2.86 bits per heavy atom. The molecule has 11 heteroatoms. The average molecular weight is 423 g/mol. The van der Waals surface area contributed by atoms with Crippen LogP contribution >= 0.6 is 22.9 Å². The summed E-state index contributed by atoms with van der Waals surface area (Å²) in [6, 6.07) is 5.27. The number of likely N-dealkylation sites (tertiary alicyclic amines) is 1. The zero-order chi connectivity index (χ0) is 19.8. The molecule has 0 aliphatic carbocycles. The number of thiophene rings is 1. The van der Waals surface area contributed by atoms with Crippen molar-refractivity contribution in [1.82, 2.24) is 19.6 Å². The number of imidazole rings is 1. The molecular formula is C17H15ClN4O5S. The molecule has 1 amide bonds. The summed E-state index contributed by atoms with van der Waals surface area (Å²) >= 11 is 7.28. The molecule has 0 spiro atoms. The number of hydrogen-bond acceptors (Lipinski definition) is 7. The van der Waals surface area contributed by atoms with Crippen molar-refractivity contribution < 1.29 is 24.0 Å². The molecule has 0 bridgehead atoms. The largest absolute Gasteiger partial charge is 0.475 e. The molecule has 1 saturated heterocycles. The predicted octanol–water partition coefficient (Wildman–Crippen LogP) is 2.47. The summed E-state index contributed by atoms with van der Waals surface area (Å²) in [4.78, 5) is 30.4. The number of carbonyl (C=O) groups excluding carboxylic acids is 1. The Morgan fingerprint density at radius 2 is 2.21 bits per heavy atom. The molecule has 0 saturated carbocycles. The zero-order valence-electron chi connectivity index (χ0n) is 14.7. The van der Waals surface area contributed by atoms with Crippen molar-refractivity contribution in [3.8, 4) is 10.6 Å². The third-order valence-electron chi connectivity index (χ3n) is 4.36. The topological polar surface area (TPSA) is 111 Å². The molecule has 1 N–H and O–H groups in total. The first-order valence-electron chi connectivity index (χ1n) is 8.28. The van der Waals surface area contributed by atoms with Gasteiger partial charge >= 0.3 is 5.97 Å². The molecule has 1 aliphatic heterocycles. The maximum atomic E-state index is 12.5. The molecule has 3 aromatic rings. The standard InChI is InChI=1S/C17H15ClN4O5S/c1-26-10-6-22(7-10)16(23)11-8-21(15(19-11)17(24)25)5-9-4-12(27-20-9)13-2-3-14(18)28-13/h2-4,8,10H,5-7H2,1H3,(H,24,25). The van der Waals surface area contributed by atoms with Crippen molar-refractivity contribution in [3.05, 3.63) is 45.9 Å². The minimum atomic E-state index is -1.23. The van der Waals surface area contributed by atoms with Crippen LogP contribution in [-0.4, -0.2) is 62.9 Å². The molecule has 4 rings (SSSR count). The van der Waals surface area contributed by atoms with Gasteiger partial charge in [-0.1, -0.05) is 16.8 Å². The van der Waals surface area contributed by atoms with Crippen LogP contribution in [0.4, 0.5) is 0 Å². The monoisotopic (exact) mass is 422 g/mol. The minimum absolute atomic E-state index is 0.00397. The van der Waals surface area contributed by atoms with Gasteiger partial charge in [-0.3, -0.25) is 4.79 Å². The lowest BCUT2D eigenvalue weighted by Crippen LogP contribution is -2.54. The molecule has 4 heterocycles. The second kappa shape index (κ2) is 7.38. The quantitative estimate of drug-likeness (QED) is 0.649. The highest BCUT2D eigenvalue weighted by atomic mass is 35.5. The van der Waals surface area contributed by atoms with E-state index in [1.54, 1.807) is 24.1 Å². The number of ether oxygens (including phenoxy) is 1. The highest BCUT2D eigenvalue weighted by Crippen LogP contribution is 2.31. The van der Waals surface area contributed by atoms with Gasteiger partial charge < -0.3 is 23.8 Å². The van der Waals surface area contributed by atoms with Gasteiger partial charge in [0.15, 0.2) is 5.76 Å². The number of aromatic carboxylic acids is 1. The van der Waals surface area contributed by atoms with E-state index in [0.717, 1.165) is 4.88 Å². The van der Waals surface area contributed by atoms with Crippen LogP contribution in [0.1, 0.15) is 26.8 Å². The maximum absolute atomic E-state index is 12.5. The van der Waals surface area contributed by atoms with Crippen molar-refractivity contribution in [2.24, 2.45) is 0 Å². The Kier molecular flexibility index (Phi) is 4.92. The highest BCUT2D eigenvalue weighted by Gasteiger charge is 2.33. The van der Waals surface area contributed by atoms with Gasteiger partial charge in [0.1, 0.15) is 11.4 Å². The number of carboxylic acid groups (broad SMARTS) is 1. The van der Waals surface area contributed by atoms with Gasteiger partial charge in [0.2, 0.25) is 5.82 Å². The van der Waals surface area contributed by atoms with Crippen molar-refractivity contribution >= 4 is 34.8 Å². The number of aromatic nitrogens is 3. The van der Waals surface area contributed by atoms with Gasteiger partial charge in [0.25, 0.3) is 5.91 Å². The fraction of sp³-hybridized carbons (Fsp3) is 0.294. The SMILES string of the molecule is COC1CN(C(=O)c2cn(Cc3cc(-c4ccc(Cl)s4)on3)c(C(=O)O)n2)C1. The summed E-state index contributed by atoms with van der Waals surface area (Å²) < 4.78 is 12.5. The van der Waals surface area contributed by atoms with Crippen LogP contribution < -0.4 is 0 Å². The third kappa shape index (κ3) is 3.53. The fourth-order valence-corrected chi connectivity index (χ4v) is 3.84. The smallest absolute Gasteiger partial charge is 0.372 e. The van der Waals surface area contributed by atoms with Crippen LogP contribution in [0.2, 0.25) is 4.34 Å². The van der Waals surface area contributed by atoms with Crippen LogP contribution in [0.5, 0.6) is 0 Å². The summed E-state index contributed by atoms with van der Waals surface area (Å²) in [5.74, 6) is -1.27. The summed E-state index contributed by atoms with van der Waals surface area (Å²) in [7, 11) is 1.58. The molecular weight excluding hydrogens is 408 g/mol. The van der Waals surface area contributed by atoms with Crippen LogP contribution in [0.15, 0.2) is 28.9 Å². The van der Waals surface area contributed by atoms with Crippen LogP contribution in [-0.2, 0) is 11.3 Å². The molecule has 0 radical (unpaired) electrons. The maximum Gasteiger partial charge on any atom is 0.372 e. The summed E-state index contributed by atoms with van der Waals surface area (Å²) in [5, 5.41) is 13.4. The molecule has 146 valence electrons. The van der Waals surface area contributed by atoms with Crippen molar-refractivity contribution in [3.63, 3.8) is 0 Å². The van der Waals surface area contributed by atoms with E-state index in [9.17, 15) is 14.7 Å². The van der Waals surface area contributed by atoms with Crippen LogP contribution in [0, 0.1) is 0 Å². The van der Waals surface area contributed by atoms with E-state index in [-0.39, 0.29) is 30.1 Å². The molecule has 0 unspecified atom stereocenters. The first-order chi connectivity index (χ1) is 13.4. The highest BCUT2D eigenvalue weighted by molar-refractivity contribution is 7.19. The number of nitrogens with zero attached hydrogens (tertiary/aromatic N) is 4. The van der Waals surface area contributed by atoms with Gasteiger partial charge in [-0.05, 0) is 12.1 Å². The lowest BCUT2D eigenvalue weighted by molar-refractivity contribution is -0.0194. The van der Waals surface area contributed by atoms with Gasteiger partial charge in [-0.15, -0.1) is 11.3 Å². The Bertz CT molecular complexity index is 1040.